The van der Waals surface area contributed by atoms with E-state index < -0.39 is 0 Å². The number of nitrogens with zero attached hydrogens (tertiary/aromatic N) is 1. The summed E-state index contributed by atoms with van der Waals surface area (Å²) in [6.45, 7) is 0. The predicted octanol–water partition coefficient (Wildman–Crippen LogP) is 13.6. The van der Waals surface area contributed by atoms with E-state index in [-0.39, 0.29) is 6.04 Å². The van der Waals surface area contributed by atoms with Crippen LogP contribution in [0.25, 0.3) is 39.3 Å². The van der Waals surface area contributed by atoms with E-state index in [1.54, 1.807) is 5.57 Å². The lowest BCUT2D eigenvalue weighted by atomic mass is 9.70. The third kappa shape index (κ3) is 6.18. The molecule has 0 saturated carbocycles. The fourth-order valence-electron chi connectivity index (χ4n) is 9.76. The molecule has 0 amide bonds. The van der Waals surface area contributed by atoms with Crippen molar-refractivity contribution in [2.24, 2.45) is 11.8 Å². The molecule has 266 valence electrons. The van der Waals surface area contributed by atoms with E-state index in [1.807, 2.05) is 0 Å². The first kappa shape index (κ1) is 33.0. The molecule has 2 heteroatoms. The molecule has 2 nitrogen and oxygen atoms in total. The Hall–Kier alpha value is -5.60. The van der Waals surface area contributed by atoms with Crippen LogP contribution in [-0.4, -0.2) is 12.1 Å². The number of anilines is 1. The third-order valence-electron chi connectivity index (χ3n) is 12.5. The van der Waals surface area contributed by atoms with Gasteiger partial charge in [0.1, 0.15) is 11.3 Å². The first-order chi connectivity index (χ1) is 26.8. The lowest BCUT2D eigenvalue weighted by Crippen LogP contribution is -2.45. The van der Waals surface area contributed by atoms with Gasteiger partial charge >= 0.3 is 0 Å². The molecule has 5 aromatic rings. The average molecular weight is 702 g/mol. The van der Waals surface area contributed by atoms with Gasteiger partial charge in [-0.3, -0.25) is 0 Å². The van der Waals surface area contributed by atoms with Crippen LogP contribution in [0.1, 0.15) is 62.2 Å². The first-order valence-corrected chi connectivity index (χ1v) is 20.1. The maximum absolute atomic E-state index is 6.24. The molecule has 1 aromatic heterocycles. The van der Waals surface area contributed by atoms with E-state index in [1.165, 1.54) is 75.7 Å². The summed E-state index contributed by atoms with van der Waals surface area (Å²) in [7, 11) is 0. The summed E-state index contributed by atoms with van der Waals surface area (Å²) in [5.41, 5.74) is 13.2. The number of allylic oxidation sites excluding steroid dienone is 8. The van der Waals surface area contributed by atoms with Gasteiger partial charge in [-0.1, -0.05) is 146 Å². The Balaban J connectivity index is 0.922. The number of para-hydroxylation sites is 1. The lowest BCUT2D eigenvalue weighted by molar-refractivity contribution is 0.451. The second kappa shape index (κ2) is 14.3. The Morgan fingerprint density at radius 2 is 1.41 bits per heavy atom. The van der Waals surface area contributed by atoms with Crippen molar-refractivity contribution in [1.29, 1.82) is 0 Å². The average Bonchev–Trinajstić information content (AvgIpc) is 3.64. The van der Waals surface area contributed by atoms with Crippen LogP contribution in [0.15, 0.2) is 185 Å². The highest BCUT2D eigenvalue weighted by atomic mass is 16.3. The Kier molecular flexibility index (Phi) is 8.76. The Morgan fingerprint density at radius 1 is 0.648 bits per heavy atom. The largest absolute Gasteiger partial charge is 0.456 e. The number of fused-ring (bicyclic) bond motifs is 5. The van der Waals surface area contributed by atoms with E-state index in [4.69, 9.17) is 4.42 Å². The van der Waals surface area contributed by atoms with Crippen molar-refractivity contribution in [2.75, 3.05) is 4.90 Å². The van der Waals surface area contributed by atoms with Crippen molar-refractivity contribution in [2.45, 2.75) is 62.9 Å². The molecule has 0 aliphatic heterocycles. The van der Waals surface area contributed by atoms with Gasteiger partial charge in [0.15, 0.2) is 0 Å². The second-order valence-electron chi connectivity index (χ2n) is 15.7. The molecule has 0 radical (unpaired) electrons. The van der Waals surface area contributed by atoms with Gasteiger partial charge in [-0.15, -0.1) is 0 Å². The normalized spacial score (nSPS) is 24.4. The van der Waals surface area contributed by atoms with Gasteiger partial charge in [-0.05, 0) is 114 Å². The molecule has 0 spiro atoms. The minimum atomic E-state index is 0.281. The van der Waals surface area contributed by atoms with Crippen LogP contribution in [0.2, 0.25) is 0 Å². The predicted molar refractivity (Wildman–Crippen MR) is 226 cm³/mol. The van der Waals surface area contributed by atoms with E-state index in [0.29, 0.717) is 23.8 Å². The van der Waals surface area contributed by atoms with Crippen LogP contribution in [0.5, 0.6) is 0 Å². The van der Waals surface area contributed by atoms with Crippen molar-refractivity contribution >= 4 is 22.7 Å². The smallest absolute Gasteiger partial charge is 0.135 e. The van der Waals surface area contributed by atoms with Gasteiger partial charge in [0.05, 0.1) is 12.1 Å². The summed E-state index contributed by atoms with van der Waals surface area (Å²) in [5, 5.41) is 1.26. The molecule has 1 heterocycles. The zero-order valence-electron chi connectivity index (χ0n) is 30.9. The number of furan rings is 1. The molecule has 0 saturated heterocycles. The number of hydrogen-bond acceptors (Lipinski definition) is 2. The van der Waals surface area contributed by atoms with Gasteiger partial charge in [0.25, 0.3) is 0 Å². The van der Waals surface area contributed by atoms with E-state index in [9.17, 15) is 0 Å². The summed E-state index contributed by atoms with van der Waals surface area (Å²) in [4.78, 5) is 2.74. The van der Waals surface area contributed by atoms with Crippen LogP contribution in [0.4, 0.5) is 5.69 Å². The van der Waals surface area contributed by atoms with Crippen LogP contribution in [0.3, 0.4) is 0 Å². The van der Waals surface area contributed by atoms with Crippen LogP contribution >= 0.6 is 0 Å². The molecular formula is C52H47NO. The fraction of sp³-hybridized carbons (Fsp3) is 0.231. The molecule has 0 fully saturated rings. The van der Waals surface area contributed by atoms with Gasteiger partial charge in [-0.2, -0.15) is 0 Å². The minimum absolute atomic E-state index is 0.281. The Morgan fingerprint density at radius 3 is 2.17 bits per heavy atom. The number of rotatable bonds is 7. The minimum Gasteiger partial charge on any atom is -0.456 e. The summed E-state index contributed by atoms with van der Waals surface area (Å²) in [6, 6.07) is 38.1. The highest BCUT2D eigenvalue weighted by Crippen LogP contribution is 2.47. The zero-order valence-corrected chi connectivity index (χ0v) is 30.9. The maximum atomic E-state index is 6.24. The molecule has 0 bridgehead atoms. The molecule has 54 heavy (non-hydrogen) atoms. The van der Waals surface area contributed by atoms with Gasteiger partial charge in [-0.25, -0.2) is 0 Å². The first-order valence-electron chi connectivity index (χ1n) is 20.1. The van der Waals surface area contributed by atoms with Crippen molar-refractivity contribution < 1.29 is 4.42 Å². The second-order valence-corrected chi connectivity index (χ2v) is 15.7. The number of benzene rings is 4. The topological polar surface area (TPSA) is 16.4 Å². The number of hydrogen-bond donors (Lipinski definition) is 0. The molecule has 5 unspecified atom stereocenters. The summed E-state index contributed by atoms with van der Waals surface area (Å²) >= 11 is 0. The molecule has 5 aliphatic carbocycles. The van der Waals surface area contributed by atoms with Gasteiger partial charge < -0.3 is 9.32 Å². The summed E-state index contributed by atoms with van der Waals surface area (Å²) in [5.74, 6) is 2.32. The van der Waals surface area contributed by atoms with Crippen LogP contribution < -0.4 is 4.90 Å². The van der Waals surface area contributed by atoms with Gasteiger partial charge in [0.2, 0.25) is 0 Å². The zero-order chi connectivity index (χ0) is 35.8. The Bertz CT molecular complexity index is 2380. The summed E-state index contributed by atoms with van der Waals surface area (Å²) in [6.07, 6.45) is 34.8. The molecule has 5 atom stereocenters. The molecule has 0 N–H and O–H groups in total. The van der Waals surface area contributed by atoms with E-state index in [0.717, 1.165) is 30.6 Å². The molecule has 4 aromatic carbocycles. The van der Waals surface area contributed by atoms with Crippen molar-refractivity contribution in [3.63, 3.8) is 0 Å². The lowest BCUT2D eigenvalue weighted by Gasteiger charge is -2.42. The molecule has 5 aliphatic rings. The standard InChI is InChI=1S/C52H47NO/c1-3-11-36(12-4-1)37-19-21-38(22-20-37)39-23-29-44(30-24-39)53(49-17-9-7-15-46(49)41-13-5-2-6-14-41)45-31-25-40(26-32-45)42-27-33-47-43(35-42)28-34-51-52(47)48-16-8-10-18-50(48)54-51/h1,3-4,7-13,15-16,18-31,33-34,42-43,45,47,49H,2,5-6,14,17,32,35H2. The summed E-state index contributed by atoms with van der Waals surface area (Å²) < 4.78 is 6.24. The molecular weight excluding hydrogens is 655 g/mol. The monoisotopic (exact) mass is 701 g/mol. The highest BCUT2D eigenvalue weighted by molar-refractivity contribution is 5.86. The van der Waals surface area contributed by atoms with Crippen molar-refractivity contribution in [3.8, 4) is 22.3 Å². The van der Waals surface area contributed by atoms with Crippen LogP contribution in [-0.2, 0) is 0 Å². The van der Waals surface area contributed by atoms with E-state index in [2.05, 4.69) is 175 Å². The molecule has 10 rings (SSSR count). The van der Waals surface area contributed by atoms with Crippen molar-refractivity contribution in [1.82, 2.24) is 0 Å². The Labute approximate surface area is 319 Å². The third-order valence-corrected chi connectivity index (χ3v) is 12.5. The highest BCUT2D eigenvalue weighted by Gasteiger charge is 2.35. The van der Waals surface area contributed by atoms with Crippen molar-refractivity contribution in [3.05, 3.63) is 192 Å². The quantitative estimate of drug-likeness (QED) is 0.157. The maximum Gasteiger partial charge on any atom is 0.135 e. The van der Waals surface area contributed by atoms with Crippen LogP contribution in [0, 0.1) is 11.8 Å². The van der Waals surface area contributed by atoms with Gasteiger partial charge in [0, 0.05) is 28.5 Å². The fourth-order valence-corrected chi connectivity index (χ4v) is 9.76. The van der Waals surface area contributed by atoms with E-state index >= 15 is 0 Å². The SMILES string of the molecule is C1=CCC(N(c2ccc(-c3ccc(-c4ccccc4)cc3)cc2)C2C=CC(C3C=CC4c5c(oc6ccccc56)C=CC4C3)=CC2)C(C2=CCCCC2)=C1.